The largest absolute Gasteiger partial charge is 0.416 e. The summed E-state index contributed by atoms with van der Waals surface area (Å²) in [6.45, 7) is 3.78. The van der Waals surface area contributed by atoms with Gasteiger partial charge in [-0.2, -0.15) is 13.2 Å². The Labute approximate surface area is 140 Å². The van der Waals surface area contributed by atoms with Gasteiger partial charge in [-0.25, -0.2) is 4.98 Å². The van der Waals surface area contributed by atoms with Crippen molar-refractivity contribution in [2.45, 2.75) is 26.6 Å². The lowest BCUT2D eigenvalue weighted by Gasteiger charge is -2.08. The molecule has 0 bridgehead atoms. The molecule has 3 aromatic rings. The van der Waals surface area contributed by atoms with E-state index in [1.165, 1.54) is 0 Å². The molecule has 1 N–H and O–H groups in total. The van der Waals surface area contributed by atoms with E-state index in [2.05, 4.69) is 20.5 Å². The van der Waals surface area contributed by atoms with Crippen LogP contribution in [-0.4, -0.2) is 25.5 Å². The lowest BCUT2D eigenvalue weighted by Crippen LogP contribution is -2.24. The number of alkyl halides is 3. The van der Waals surface area contributed by atoms with Crippen molar-refractivity contribution < 1.29 is 18.0 Å². The van der Waals surface area contributed by atoms with Crippen molar-refractivity contribution in [2.75, 3.05) is 0 Å². The molecule has 1 amide bonds. The third-order valence-electron chi connectivity index (χ3n) is 3.64. The van der Waals surface area contributed by atoms with E-state index >= 15 is 0 Å². The standard InChI is InChI=1S/C16H14F3N5O/c1-9-7-10(2)24-13(22-23-15(24)21-9)8-20-14(25)11-3-5-12(6-4-11)16(17,18)19/h3-7H,8H2,1-2H3,(H,20,25). The van der Waals surface area contributed by atoms with Crippen LogP contribution in [0.4, 0.5) is 13.2 Å². The molecule has 130 valence electrons. The highest BCUT2D eigenvalue weighted by molar-refractivity contribution is 5.94. The molecular weight excluding hydrogens is 335 g/mol. The maximum Gasteiger partial charge on any atom is 0.416 e. The first-order valence-electron chi connectivity index (χ1n) is 7.39. The minimum Gasteiger partial charge on any atom is -0.345 e. The van der Waals surface area contributed by atoms with E-state index in [9.17, 15) is 18.0 Å². The zero-order valence-electron chi connectivity index (χ0n) is 13.4. The minimum absolute atomic E-state index is 0.0760. The highest BCUT2D eigenvalue weighted by atomic mass is 19.4. The summed E-state index contributed by atoms with van der Waals surface area (Å²) in [5.74, 6) is 0.416. The number of rotatable bonds is 3. The Bertz CT molecular complexity index is 931. The fraction of sp³-hybridized carbons (Fsp3) is 0.250. The fourth-order valence-corrected chi connectivity index (χ4v) is 2.48. The number of aromatic nitrogens is 4. The number of fused-ring (bicyclic) bond motifs is 1. The second-order valence-corrected chi connectivity index (χ2v) is 5.55. The van der Waals surface area contributed by atoms with E-state index in [-0.39, 0.29) is 12.1 Å². The predicted octanol–water partition coefficient (Wildman–Crippen LogP) is 2.69. The van der Waals surface area contributed by atoms with Crippen LogP contribution in [0.1, 0.15) is 33.1 Å². The predicted molar refractivity (Wildman–Crippen MR) is 82.9 cm³/mol. The van der Waals surface area contributed by atoms with Crippen LogP contribution >= 0.6 is 0 Å². The van der Waals surface area contributed by atoms with Crippen LogP contribution in [0.15, 0.2) is 30.3 Å². The van der Waals surface area contributed by atoms with E-state index in [0.29, 0.717) is 11.6 Å². The van der Waals surface area contributed by atoms with Gasteiger partial charge in [-0.15, -0.1) is 10.2 Å². The van der Waals surface area contributed by atoms with E-state index in [0.717, 1.165) is 35.7 Å². The number of amides is 1. The number of carbonyl (C=O) groups excluding carboxylic acids is 1. The van der Waals surface area contributed by atoms with Gasteiger partial charge in [0, 0.05) is 17.0 Å². The molecule has 0 unspecified atom stereocenters. The quantitative estimate of drug-likeness (QED) is 0.789. The second kappa shape index (κ2) is 6.15. The average Bonchev–Trinajstić information content (AvgIpc) is 2.95. The summed E-state index contributed by atoms with van der Waals surface area (Å²) in [6.07, 6.45) is -4.43. The topological polar surface area (TPSA) is 72.2 Å². The van der Waals surface area contributed by atoms with Gasteiger partial charge in [-0.05, 0) is 44.2 Å². The monoisotopic (exact) mass is 349 g/mol. The van der Waals surface area contributed by atoms with E-state index in [1.54, 1.807) is 4.40 Å². The summed E-state index contributed by atoms with van der Waals surface area (Å²) in [6, 6.07) is 5.88. The average molecular weight is 349 g/mol. The lowest BCUT2D eigenvalue weighted by molar-refractivity contribution is -0.137. The fourth-order valence-electron chi connectivity index (χ4n) is 2.48. The van der Waals surface area contributed by atoms with E-state index in [4.69, 9.17) is 0 Å². The van der Waals surface area contributed by atoms with Gasteiger partial charge in [-0.1, -0.05) is 0 Å². The highest BCUT2D eigenvalue weighted by Gasteiger charge is 2.30. The van der Waals surface area contributed by atoms with Crippen molar-refractivity contribution in [1.82, 2.24) is 24.9 Å². The second-order valence-electron chi connectivity index (χ2n) is 5.55. The summed E-state index contributed by atoms with van der Waals surface area (Å²) in [5, 5.41) is 10.6. The number of hydrogen-bond donors (Lipinski definition) is 1. The van der Waals surface area contributed by atoms with Crippen LogP contribution in [0.5, 0.6) is 0 Å². The molecule has 0 spiro atoms. The summed E-state index contributed by atoms with van der Waals surface area (Å²) in [4.78, 5) is 16.4. The van der Waals surface area contributed by atoms with Crippen LogP contribution in [0, 0.1) is 13.8 Å². The Balaban J connectivity index is 1.75. The maximum atomic E-state index is 12.5. The Morgan fingerprint density at radius 2 is 1.84 bits per heavy atom. The normalized spacial score (nSPS) is 11.7. The van der Waals surface area contributed by atoms with E-state index in [1.807, 2.05) is 19.9 Å². The van der Waals surface area contributed by atoms with Crippen molar-refractivity contribution >= 4 is 11.7 Å². The first kappa shape index (κ1) is 16.9. The van der Waals surface area contributed by atoms with Crippen molar-refractivity contribution in [3.8, 4) is 0 Å². The molecule has 9 heteroatoms. The van der Waals surface area contributed by atoms with Gasteiger partial charge < -0.3 is 5.32 Å². The Hall–Kier alpha value is -2.97. The van der Waals surface area contributed by atoms with Gasteiger partial charge in [-0.3, -0.25) is 9.20 Å². The van der Waals surface area contributed by atoms with Gasteiger partial charge in [0.15, 0.2) is 5.82 Å². The molecule has 25 heavy (non-hydrogen) atoms. The molecule has 0 saturated carbocycles. The van der Waals surface area contributed by atoms with Crippen molar-refractivity contribution in [3.63, 3.8) is 0 Å². The van der Waals surface area contributed by atoms with Crippen LogP contribution in [0.25, 0.3) is 5.78 Å². The van der Waals surface area contributed by atoms with Gasteiger partial charge >= 0.3 is 6.18 Å². The molecule has 0 radical (unpaired) electrons. The molecule has 1 aromatic carbocycles. The van der Waals surface area contributed by atoms with Gasteiger partial charge in [0.2, 0.25) is 0 Å². The molecule has 0 aliphatic carbocycles. The van der Waals surface area contributed by atoms with Gasteiger partial charge in [0.25, 0.3) is 11.7 Å². The van der Waals surface area contributed by atoms with Crippen LogP contribution < -0.4 is 5.32 Å². The third-order valence-corrected chi connectivity index (χ3v) is 3.64. The summed E-state index contributed by atoms with van der Waals surface area (Å²) < 4.78 is 39.3. The zero-order valence-corrected chi connectivity index (χ0v) is 13.4. The molecule has 6 nitrogen and oxygen atoms in total. The van der Waals surface area contributed by atoms with Gasteiger partial charge in [0.1, 0.15) is 0 Å². The molecular formula is C16H14F3N5O. The van der Waals surface area contributed by atoms with Gasteiger partial charge in [0.05, 0.1) is 12.1 Å². The summed E-state index contributed by atoms with van der Waals surface area (Å²) in [7, 11) is 0. The Morgan fingerprint density at radius 1 is 1.16 bits per heavy atom. The number of nitrogens with zero attached hydrogens (tertiary/aromatic N) is 4. The SMILES string of the molecule is Cc1cc(C)n2c(CNC(=O)c3ccc(C(F)(F)F)cc3)nnc2n1. The first-order chi connectivity index (χ1) is 11.8. The lowest BCUT2D eigenvalue weighted by atomic mass is 10.1. The number of aryl methyl sites for hydroxylation is 2. The molecule has 0 aliphatic heterocycles. The molecule has 0 aliphatic rings. The Kier molecular flexibility index (Phi) is 4.15. The van der Waals surface area contributed by atoms with Crippen molar-refractivity contribution in [1.29, 1.82) is 0 Å². The summed E-state index contributed by atoms with van der Waals surface area (Å²) >= 11 is 0. The molecule has 2 heterocycles. The number of hydrogen-bond acceptors (Lipinski definition) is 4. The minimum atomic E-state index is -4.43. The molecule has 3 rings (SSSR count). The number of benzene rings is 1. The third kappa shape index (κ3) is 3.44. The number of nitrogens with one attached hydrogen (secondary N) is 1. The highest BCUT2D eigenvalue weighted by Crippen LogP contribution is 2.29. The zero-order chi connectivity index (χ0) is 18.2. The van der Waals surface area contributed by atoms with Crippen LogP contribution in [0.2, 0.25) is 0 Å². The molecule has 2 aromatic heterocycles. The van der Waals surface area contributed by atoms with Crippen molar-refractivity contribution in [2.24, 2.45) is 0 Å². The van der Waals surface area contributed by atoms with Crippen LogP contribution in [0.3, 0.4) is 0 Å². The maximum absolute atomic E-state index is 12.5. The molecule has 0 saturated heterocycles. The molecule has 0 fully saturated rings. The molecule has 0 atom stereocenters. The summed E-state index contributed by atoms with van der Waals surface area (Å²) in [5.41, 5.74) is 1.00. The first-order valence-corrected chi connectivity index (χ1v) is 7.39. The van der Waals surface area contributed by atoms with Crippen molar-refractivity contribution in [3.05, 3.63) is 58.7 Å². The van der Waals surface area contributed by atoms with E-state index < -0.39 is 17.6 Å². The smallest absolute Gasteiger partial charge is 0.345 e. The van der Waals surface area contributed by atoms with Crippen LogP contribution in [-0.2, 0) is 12.7 Å². The number of carbonyl (C=O) groups is 1. The Morgan fingerprint density at radius 3 is 2.48 bits per heavy atom. The number of halogens is 3.